The molecule has 2 unspecified atom stereocenters. The van der Waals surface area contributed by atoms with Gasteiger partial charge >= 0.3 is 6.61 Å². The smallest absolute Gasteiger partial charge is 0.387 e. The number of hydrogen-bond donors (Lipinski definition) is 2. The topological polar surface area (TPSA) is 70.7 Å². The highest BCUT2D eigenvalue weighted by Gasteiger charge is 2.27. The standard InChI is InChI=1S/C20H27F2N3O3/c21-20(22)28-17-8-2-1-6-15(17)11-18(26)25-10-4-5-14(13-25)12-24-19(27)16-7-3-9-23-16/h1-2,6,8,14,16,20,23H,3-5,7,9-13H2,(H,24,27). The lowest BCUT2D eigenvalue weighted by molar-refractivity contribution is -0.132. The van der Waals surface area contributed by atoms with E-state index in [1.54, 1.807) is 23.1 Å². The number of halogens is 2. The number of hydrogen-bond acceptors (Lipinski definition) is 4. The number of nitrogens with one attached hydrogen (secondary N) is 2. The van der Waals surface area contributed by atoms with Gasteiger partial charge in [-0.15, -0.1) is 0 Å². The lowest BCUT2D eigenvalue weighted by Gasteiger charge is -2.33. The SMILES string of the molecule is O=C(NCC1CCCN(C(=O)Cc2ccccc2OC(F)F)C1)C1CCCN1. The number of piperidine rings is 1. The molecule has 0 bridgehead atoms. The molecule has 2 aliphatic heterocycles. The molecule has 2 aliphatic rings. The van der Waals surface area contributed by atoms with Crippen molar-refractivity contribution in [3.8, 4) is 5.75 Å². The quantitative estimate of drug-likeness (QED) is 0.740. The highest BCUT2D eigenvalue weighted by molar-refractivity contribution is 5.82. The Balaban J connectivity index is 1.51. The number of ether oxygens (including phenoxy) is 1. The summed E-state index contributed by atoms with van der Waals surface area (Å²) in [4.78, 5) is 26.6. The summed E-state index contributed by atoms with van der Waals surface area (Å²) < 4.78 is 29.6. The molecule has 2 heterocycles. The predicted octanol–water partition coefficient (Wildman–Crippen LogP) is 1.94. The largest absolute Gasteiger partial charge is 0.435 e. The molecule has 3 rings (SSSR count). The number of rotatable bonds is 7. The van der Waals surface area contributed by atoms with E-state index in [1.807, 2.05) is 0 Å². The van der Waals surface area contributed by atoms with Crippen LogP contribution in [0.15, 0.2) is 24.3 Å². The van der Waals surface area contributed by atoms with E-state index in [2.05, 4.69) is 15.4 Å². The molecule has 154 valence electrons. The van der Waals surface area contributed by atoms with Crippen LogP contribution in [0, 0.1) is 5.92 Å². The molecule has 0 spiro atoms. The number of carbonyl (C=O) groups is 2. The van der Waals surface area contributed by atoms with E-state index < -0.39 is 6.61 Å². The zero-order valence-electron chi connectivity index (χ0n) is 15.8. The van der Waals surface area contributed by atoms with E-state index in [0.717, 1.165) is 32.2 Å². The minimum atomic E-state index is -2.92. The maximum Gasteiger partial charge on any atom is 0.387 e. The average molecular weight is 395 g/mol. The van der Waals surface area contributed by atoms with Gasteiger partial charge in [0, 0.05) is 25.2 Å². The van der Waals surface area contributed by atoms with Crippen LogP contribution in [0.25, 0.3) is 0 Å². The molecule has 6 nitrogen and oxygen atoms in total. The zero-order chi connectivity index (χ0) is 19.9. The van der Waals surface area contributed by atoms with Crippen LogP contribution in [-0.4, -0.2) is 55.5 Å². The molecule has 0 saturated carbocycles. The van der Waals surface area contributed by atoms with Crippen LogP contribution in [0.4, 0.5) is 8.78 Å². The maximum atomic E-state index is 12.7. The van der Waals surface area contributed by atoms with Crippen molar-refractivity contribution in [2.75, 3.05) is 26.2 Å². The molecule has 1 aromatic rings. The van der Waals surface area contributed by atoms with E-state index in [-0.39, 0.29) is 35.9 Å². The van der Waals surface area contributed by atoms with Gasteiger partial charge in [0.15, 0.2) is 0 Å². The average Bonchev–Trinajstić information content (AvgIpc) is 3.22. The Hall–Kier alpha value is -2.22. The third kappa shape index (κ3) is 5.64. The molecule has 2 atom stereocenters. The number of alkyl halides is 2. The molecule has 2 saturated heterocycles. The van der Waals surface area contributed by atoms with E-state index >= 15 is 0 Å². The van der Waals surface area contributed by atoms with Gasteiger partial charge in [0.25, 0.3) is 0 Å². The van der Waals surface area contributed by atoms with Gasteiger partial charge in [0.1, 0.15) is 5.75 Å². The maximum absolute atomic E-state index is 12.7. The summed E-state index contributed by atoms with van der Waals surface area (Å²) in [5.41, 5.74) is 0.454. The number of benzene rings is 1. The van der Waals surface area contributed by atoms with Crippen molar-refractivity contribution in [2.24, 2.45) is 5.92 Å². The van der Waals surface area contributed by atoms with Gasteiger partial charge in [0.2, 0.25) is 11.8 Å². The van der Waals surface area contributed by atoms with Crippen molar-refractivity contribution < 1.29 is 23.1 Å². The monoisotopic (exact) mass is 395 g/mol. The van der Waals surface area contributed by atoms with Crippen molar-refractivity contribution in [2.45, 2.75) is 44.8 Å². The Morgan fingerprint density at radius 1 is 1.25 bits per heavy atom. The van der Waals surface area contributed by atoms with Gasteiger partial charge in [-0.1, -0.05) is 18.2 Å². The molecule has 28 heavy (non-hydrogen) atoms. The third-order valence-corrected chi connectivity index (χ3v) is 5.34. The fraction of sp³-hybridized carbons (Fsp3) is 0.600. The summed E-state index contributed by atoms with van der Waals surface area (Å²) in [5, 5.41) is 6.17. The van der Waals surface area contributed by atoms with Crippen LogP contribution in [0.1, 0.15) is 31.2 Å². The minimum absolute atomic E-state index is 0.0218. The molecule has 1 aromatic carbocycles. The predicted molar refractivity (Wildman–Crippen MR) is 100 cm³/mol. The number of carbonyl (C=O) groups excluding carboxylic acids is 2. The first-order valence-electron chi connectivity index (χ1n) is 9.84. The summed E-state index contributed by atoms with van der Waals surface area (Å²) in [6, 6.07) is 6.27. The van der Waals surface area contributed by atoms with Gasteiger partial charge in [-0.05, 0) is 44.2 Å². The first-order valence-corrected chi connectivity index (χ1v) is 9.84. The molecule has 8 heteroatoms. The van der Waals surface area contributed by atoms with Gasteiger partial charge in [0.05, 0.1) is 12.5 Å². The molecule has 2 amide bonds. The molecular weight excluding hydrogens is 368 g/mol. The number of amides is 2. The van der Waals surface area contributed by atoms with Crippen LogP contribution in [0.3, 0.4) is 0 Å². The fourth-order valence-electron chi connectivity index (χ4n) is 3.87. The van der Waals surface area contributed by atoms with Gasteiger partial charge in [-0.3, -0.25) is 9.59 Å². The summed E-state index contributed by atoms with van der Waals surface area (Å²) in [7, 11) is 0. The summed E-state index contributed by atoms with van der Waals surface area (Å²) in [6.45, 7) is -0.291. The van der Waals surface area contributed by atoms with E-state index in [4.69, 9.17) is 0 Å². The minimum Gasteiger partial charge on any atom is -0.435 e. The van der Waals surface area contributed by atoms with E-state index in [0.29, 0.717) is 25.2 Å². The van der Waals surface area contributed by atoms with Crippen LogP contribution in [0.5, 0.6) is 5.75 Å². The van der Waals surface area contributed by atoms with E-state index in [1.165, 1.54) is 6.07 Å². The highest BCUT2D eigenvalue weighted by atomic mass is 19.3. The second-order valence-corrected chi connectivity index (χ2v) is 7.41. The van der Waals surface area contributed by atoms with Crippen molar-refractivity contribution in [1.29, 1.82) is 0 Å². The van der Waals surface area contributed by atoms with Crippen LogP contribution in [0.2, 0.25) is 0 Å². The fourth-order valence-corrected chi connectivity index (χ4v) is 3.87. The van der Waals surface area contributed by atoms with Gasteiger partial charge in [-0.25, -0.2) is 0 Å². The van der Waals surface area contributed by atoms with Crippen molar-refractivity contribution >= 4 is 11.8 Å². The first-order chi connectivity index (χ1) is 13.5. The van der Waals surface area contributed by atoms with Gasteiger partial charge < -0.3 is 20.3 Å². The van der Waals surface area contributed by atoms with Crippen LogP contribution in [-0.2, 0) is 16.0 Å². The molecule has 0 radical (unpaired) electrons. The Bertz CT molecular complexity index is 680. The normalized spacial score (nSPS) is 22.3. The van der Waals surface area contributed by atoms with Crippen molar-refractivity contribution in [1.82, 2.24) is 15.5 Å². The molecular formula is C20H27F2N3O3. The van der Waals surface area contributed by atoms with Crippen LogP contribution >= 0.6 is 0 Å². The number of likely N-dealkylation sites (tertiary alicyclic amines) is 1. The summed E-state index contributed by atoms with van der Waals surface area (Å²) in [5.74, 6) is 0.157. The summed E-state index contributed by atoms with van der Waals surface area (Å²) in [6.07, 6.45) is 3.71. The Labute approximate surface area is 163 Å². The van der Waals surface area contributed by atoms with Crippen molar-refractivity contribution in [3.05, 3.63) is 29.8 Å². The third-order valence-electron chi connectivity index (χ3n) is 5.34. The van der Waals surface area contributed by atoms with Gasteiger partial charge in [-0.2, -0.15) is 8.78 Å². The summed E-state index contributed by atoms with van der Waals surface area (Å²) >= 11 is 0. The highest BCUT2D eigenvalue weighted by Crippen LogP contribution is 2.23. The van der Waals surface area contributed by atoms with Crippen molar-refractivity contribution in [3.63, 3.8) is 0 Å². The van der Waals surface area contributed by atoms with Crippen LogP contribution < -0.4 is 15.4 Å². The second kappa shape index (κ2) is 9.82. The molecule has 2 N–H and O–H groups in total. The lowest BCUT2D eigenvalue weighted by atomic mass is 9.97. The number of nitrogens with zero attached hydrogens (tertiary/aromatic N) is 1. The van der Waals surface area contributed by atoms with E-state index in [9.17, 15) is 18.4 Å². The molecule has 2 fully saturated rings. The lowest BCUT2D eigenvalue weighted by Crippen LogP contribution is -2.47. The molecule has 0 aromatic heterocycles. The zero-order valence-corrected chi connectivity index (χ0v) is 15.8. The molecule has 0 aliphatic carbocycles. The Kier molecular flexibility index (Phi) is 7.19. The Morgan fingerprint density at radius 3 is 2.82 bits per heavy atom. The Morgan fingerprint density at radius 2 is 2.07 bits per heavy atom. The first kappa shape index (κ1) is 20.5. The number of para-hydroxylation sites is 1. The second-order valence-electron chi connectivity index (χ2n) is 7.41.